The Morgan fingerprint density at radius 3 is 2.96 bits per heavy atom. The molecule has 5 nitrogen and oxygen atoms in total. The summed E-state index contributed by atoms with van der Waals surface area (Å²) in [6, 6.07) is 9.64. The molecule has 0 saturated carbocycles. The van der Waals surface area contributed by atoms with Crippen LogP contribution in [0.1, 0.15) is 10.4 Å². The molecule has 0 amide bonds. The molecule has 0 atom stereocenters. The van der Waals surface area contributed by atoms with E-state index in [1.165, 1.54) is 11.3 Å². The highest BCUT2D eigenvalue weighted by molar-refractivity contribution is 7.10. The van der Waals surface area contributed by atoms with E-state index >= 15 is 0 Å². The number of thiazole rings is 1. The van der Waals surface area contributed by atoms with Gasteiger partial charge in [0.15, 0.2) is 4.80 Å². The highest BCUT2D eigenvalue weighted by Gasteiger charge is 2.14. The minimum atomic E-state index is 0.152. The second-order valence-electron chi connectivity index (χ2n) is 5.45. The number of hydrogen-bond acceptors (Lipinski definition) is 5. The molecule has 0 radical (unpaired) electrons. The van der Waals surface area contributed by atoms with E-state index in [1.807, 2.05) is 30.3 Å². The first-order valence-electron chi connectivity index (χ1n) is 7.51. The monoisotopic (exact) mass is 368 g/mol. The highest BCUT2D eigenvalue weighted by Crippen LogP contribution is 2.34. The molecule has 0 bridgehead atoms. The van der Waals surface area contributed by atoms with Gasteiger partial charge in [-0.2, -0.15) is 0 Å². The van der Waals surface area contributed by atoms with E-state index in [1.54, 1.807) is 36.3 Å². The Labute approximate surface area is 152 Å². The lowest BCUT2D eigenvalue weighted by Gasteiger charge is -1.98. The van der Waals surface area contributed by atoms with Crippen molar-refractivity contribution in [1.82, 2.24) is 9.55 Å². The number of para-hydroxylation sites is 1. The van der Waals surface area contributed by atoms with Gasteiger partial charge in [0.05, 0.1) is 21.3 Å². The number of hydrogen-bond donors (Lipinski definition) is 1. The summed E-state index contributed by atoms with van der Waals surface area (Å²) in [6.45, 7) is 0. The summed E-state index contributed by atoms with van der Waals surface area (Å²) in [7, 11) is 1.76. The van der Waals surface area contributed by atoms with Gasteiger partial charge in [-0.25, -0.2) is 4.99 Å². The predicted molar refractivity (Wildman–Crippen MR) is 102 cm³/mol. The number of pyridine rings is 1. The third-order valence-corrected chi connectivity index (χ3v) is 5.20. The zero-order chi connectivity index (χ0) is 17.4. The van der Waals surface area contributed by atoms with E-state index in [9.17, 15) is 5.11 Å². The van der Waals surface area contributed by atoms with Crippen molar-refractivity contribution in [3.05, 3.63) is 63.0 Å². The number of aromatic nitrogens is 2. The summed E-state index contributed by atoms with van der Waals surface area (Å²) in [5, 5.41) is 10.9. The Morgan fingerprint density at radius 1 is 1.28 bits per heavy atom. The Morgan fingerprint density at radius 2 is 2.12 bits per heavy atom. The molecule has 3 aromatic rings. The molecule has 3 heterocycles. The summed E-state index contributed by atoms with van der Waals surface area (Å²) in [6.07, 6.45) is 6.90. The Hall–Kier alpha value is -2.70. The molecule has 0 fully saturated rings. The molecule has 0 spiro atoms. The average Bonchev–Trinajstić information content (AvgIpc) is 3.14. The van der Waals surface area contributed by atoms with Crippen LogP contribution in [0.25, 0.3) is 11.6 Å². The molecule has 2 aromatic heterocycles. The van der Waals surface area contributed by atoms with E-state index in [0.717, 1.165) is 16.8 Å². The first-order valence-corrected chi connectivity index (χ1v) is 8.71. The minimum absolute atomic E-state index is 0.152. The second kappa shape index (κ2) is 6.31. The zero-order valence-electron chi connectivity index (χ0n) is 13.2. The number of aliphatic imine (C=N–C) groups is 1. The summed E-state index contributed by atoms with van der Waals surface area (Å²) >= 11 is 7.49. The van der Waals surface area contributed by atoms with Crippen molar-refractivity contribution in [3.8, 4) is 5.88 Å². The molecule has 1 N–H and O–H groups in total. The van der Waals surface area contributed by atoms with Crippen LogP contribution in [-0.4, -0.2) is 20.9 Å². The Balaban J connectivity index is 1.80. The SMILES string of the molecule is Cn1c(O)c(/C=C2\C=Nc3ccccc32)sc1=Nc1ccncc1Cl. The van der Waals surface area contributed by atoms with Crippen molar-refractivity contribution in [2.75, 3.05) is 0 Å². The molecule has 0 saturated heterocycles. The van der Waals surface area contributed by atoms with Gasteiger partial charge in [0.25, 0.3) is 0 Å². The maximum atomic E-state index is 10.5. The Bertz CT molecular complexity index is 1090. The maximum absolute atomic E-state index is 10.5. The molecule has 4 rings (SSSR count). The van der Waals surface area contributed by atoms with Crippen LogP contribution in [0.15, 0.2) is 52.7 Å². The van der Waals surface area contributed by atoms with Gasteiger partial charge < -0.3 is 5.11 Å². The smallest absolute Gasteiger partial charge is 0.210 e. The highest BCUT2D eigenvalue weighted by atomic mass is 35.5. The molecule has 1 aromatic carbocycles. The summed E-state index contributed by atoms with van der Waals surface area (Å²) in [5.74, 6) is 0.152. The molecule has 7 heteroatoms. The number of rotatable bonds is 2. The van der Waals surface area contributed by atoms with Crippen LogP contribution < -0.4 is 4.80 Å². The second-order valence-corrected chi connectivity index (χ2v) is 6.86. The molecule has 1 aliphatic rings. The number of fused-ring (bicyclic) bond motifs is 1. The lowest BCUT2D eigenvalue weighted by Crippen LogP contribution is -2.08. The molecule has 124 valence electrons. The van der Waals surface area contributed by atoms with Gasteiger partial charge in [0, 0.05) is 36.8 Å². The van der Waals surface area contributed by atoms with Gasteiger partial charge >= 0.3 is 0 Å². The van der Waals surface area contributed by atoms with E-state index in [2.05, 4.69) is 15.0 Å². The number of allylic oxidation sites excluding steroid dienone is 1. The molecule has 0 aliphatic carbocycles. The number of benzene rings is 1. The van der Waals surface area contributed by atoms with E-state index in [4.69, 9.17) is 11.6 Å². The van der Waals surface area contributed by atoms with Gasteiger partial charge in [-0.1, -0.05) is 41.1 Å². The third kappa shape index (κ3) is 2.90. The van der Waals surface area contributed by atoms with Gasteiger partial charge in [-0.05, 0) is 18.2 Å². The largest absolute Gasteiger partial charge is 0.493 e. The summed E-state index contributed by atoms with van der Waals surface area (Å²) in [5.41, 5.74) is 3.55. The predicted octanol–water partition coefficient (Wildman–Crippen LogP) is 4.33. The van der Waals surface area contributed by atoms with Crippen LogP contribution >= 0.6 is 22.9 Å². The van der Waals surface area contributed by atoms with E-state index < -0.39 is 0 Å². The van der Waals surface area contributed by atoms with Gasteiger partial charge in [0.1, 0.15) is 0 Å². The normalized spacial score (nSPS) is 15.1. The quantitative estimate of drug-likeness (QED) is 0.731. The van der Waals surface area contributed by atoms with Crippen molar-refractivity contribution in [2.24, 2.45) is 17.0 Å². The van der Waals surface area contributed by atoms with Crippen LogP contribution in [0, 0.1) is 0 Å². The van der Waals surface area contributed by atoms with Crippen molar-refractivity contribution in [1.29, 1.82) is 0 Å². The lowest BCUT2D eigenvalue weighted by atomic mass is 10.1. The first-order chi connectivity index (χ1) is 12.1. The van der Waals surface area contributed by atoms with Gasteiger partial charge in [-0.15, -0.1) is 0 Å². The number of nitrogens with zero attached hydrogens (tertiary/aromatic N) is 4. The van der Waals surface area contributed by atoms with E-state index in [-0.39, 0.29) is 5.88 Å². The fraction of sp³-hybridized carbons (Fsp3) is 0.0556. The van der Waals surface area contributed by atoms with E-state index in [0.29, 0.717) is 20.4 Å². The van der Waals surface area contributed by atoms with Crippen LogP contribution in [0.5, 0.6) is 5.88 Å². The van der Waals surface area contributed by atoms with Gasteiger partial charge in [-0.3, -0.25) is 14.5 Å². The average molecular weight is 369 g/mol. The maximum Gasteiger partial charge on any atom is 0.210 e. The van der Waals surface area contributed by atoms with Crippen LogP contribution in [0.3, 0.4) is 0 Å². The summed E-state index contributed by atoms with van der Waals surface area (Å²) in [4.78, 5) is 14.2. The van der Waals surface area contributed by atoms with Crippen molar-refractivity contribution < 1.29 is 5.11 Å². The third-order valence-electron chi connectivity index (χ3n) is 3.84. The fourth-order valence-electron chi connectivity index (χ4n) is 2.52. The first kappa shape index (κ1) is 15.8. The van der Waals surface area contributed by atoms with Crippen molar-refractivity contribution in [2.45, 2.75) is 0 Å². The summed E-state index contributed by atoms with van der Waals surface area (Å²) < 4.78 is 1.63. The number of aromatic hydroxyl groups is 1. The molecular weight excluding hydrogens is 356 g/mol. The standard InChI is InChI=1S/C18H13ClN4OS/c1-23-17(24)16(8-11-9-21-14-5-3-2-4-12(11)14)25-18(23)22-15-6-7-20-10-13(15)19/h2-10,24H,1H3/b11-8+,22-18?. The van der Waals surface area contributed by atoms with Gasteiger partial charge in [0.2, 0.25) is 5.88 Å². The topological polar surface area (TPSA) is 62.8 Å². The van der Waals surface area contributed by atoms with Crippen molar-refractivity contribution >= 4 is 52.2 Å². The molecule has 25 heavy (non-hydrogen) atoms. The lowest BCUT2D eigenvalue weighted by molar-refractivity contribution is 0.427. The fourth-order valence-corrected chi connectivity index (χ4v) is 3.66. The molecule has 1 aliphatic heterocycles. The Kier molecular flexibility index (Phi) is 3.99. The van der Waals surface area contributed by atoms with Crippen LogP contribution in [0.2, 0.25) is 5.02 Å². The molecule has 0 unspecified atom stereocenters. The zero-order valence-corrected chi connectivity index (χ0v) is 14.8. The van der Waals surface area contributed by atoms with Crippen LogP contribution in [0.4, 0.5) is 11.4 Å². The van der Waals surface area contributed by atoms with Crippen LogP contribution in [-0.2, 0) is 7.05 Å². The minimum Gasteiger partial charge on any atom is -0.493 e. The van der Waals surface area contributed by atoms with Crippen molar-refractivity contribution in [3.63, 3.8) is 0 Å². The molecular formula is C18H13ClN4OS. The number of halogens is 1.